The number of carbonyl (C=O) groups excluding carboxylic acids is 1. The minimum absolute atomic E-state index is 0.186. The molecule has 2 aromatic carbocycles. The maximum Gasteiger partial charge on any atom is 0.338 e. The normalized spacial score (nSPS) is 15.5. The van der Waals surface area contributed by atoms with Gasteiger partial charge >= 0.3 is 5.97 Å². The number of benzene rings is 2. The molecule has 2 heterocycles. The minimum atomic E-state index is -0.776. The highest BCUT2D eigenvalue weighted by molar-refractivity contribution is 7.07. The second-order valence-electron chi connectivity index (χ2n) is 7.56. The molecule has 4 rings (SSSR count). The fraction of sp³-hybridized carbons (Fsp3) is 0.240. The number of halogens is 2. The summed E-state index contributed by atoms with van der Waals surface area (Å²) in [4.78, 5) is 31.7. The van der Waals surface area contributed by atoms with Gasteiger partial charge in [-0.15, -0.1) is 0 Å². The zero-order valence-electron chi connectivity index (χ0n) is 19.4. The molecule has 0 amide bonds. The molecule has 0 saturated carbocycles. The number of carbonyl (C=O) groups is 1. The topological polar surface area (TPSA) is 79.1 Å². The largest absolute Gasteiger partial charge is 0.493 e. The Hall–Kier alpha value is -3.07. The lowest BCUT2D eigenvalue weighted by atomic mass is 9.95. The second-order valence-corrected chi connectivity index (χ2v) is 9.35. The molecule has 0 saturated heterocycles. The monoisotopic (exact) mass is 532 g/mol. The van der Waals surface area contributed by atoms with Crippen LogP contribution in [0.5, 0.6) is 11.5 Å². The van der Waals surface area contributed by atoms with Crippen LogP contribution in [0.3, 0.4) is 0 Å². The van der Waals surface area contributed by atoms with E-state index in [4.69, 9.17) is 37.4 Å². The van der Waals surface area contributed by atoms with Gasteiger partial charge in [-0.1, -0.05) is 52.7 Å². The van der Waals surface area contributed by atoms with Gasteiger partial charge in [-0.05, 0) is 49.2 Å². The van der Waals surface area contributed by atoms with E-state index < -0.39 is 12.0 Å². The van der Waals surface area contributed by atoms with Crippen molar-refractivity contribution >= 4 is 46.6 Å². The molecule has 7 nitrogen and oxygen atoms in total. The zero-order valence-corrected chi connectivity index (χ0v) is 21.8. The summed E-state index contributed by atoms with van der Waals surface area (Å²) in [5.74, 6) is 0.453. The van der Waals surface area contributed by atoms with Crippen LogP contribution in [0.1, 0.15) is 31.0 Å². The summed E-state index contributed by atoms with van der Waals surface area (Å²) in [7, 11) is 3.06. The molecule has 0 aliphatic carbocycles. The lowest BCUT2D eigenvalue weighted by Crippen LogP contribution is -2.40. The average molecular weight is 533 g/mol. The van der Waals surface area contributed by atoms with Gasteiger partial charge in [-0.2, -0.15) is 0 Å². The van der Waals surface area contributed by atoms with Crippen molar-refractivity contribution in [2.45, 2.75) is 19.9 Å². The molecule has 182 valence electrons. The predicted octanol–water partition coefficient (Wildman–Crippen LogP) is 4.12. The van der Waals surface area contributed by atoms with Crippen molar-refractivity contribution in [3.05, 3.63) is 88.5 Å². The van der Waals surface area contributed by atoms with Crippen molar-refractivity contribution in [1.29, 1.82) is 0 Å². The summed E-state index contributed by atoms with van der Waals surface area (Å²) >= 11 is 13.7. The van der Waals surface area contributed by atoms with Crippen molar-refractivity contribution < 1.29 is 19.0 Å². The molecule has 3 aromatic rings. The lowest BCUT2D eigenvalue weighted by Gasteiger charge is -2.25. The molecular weight excluding hydrogens is 511 g/mol. The first kappa shape index (κ1) is 25.0. The molecule has 0 N–H and O–H groups in total. The van der Waals surface area contributed by atoms with Crippen molar-refractivity contribution in [2.75, 3.05) is 20.8 Å². The number of ether oxygens (including phenoxy) is 3. The Balaban J connectivity index is 1.99. The number of allylic oxidation sites excluding steroid dienone is 1. The highest BCUT2D eigenvalue weighted by atomic mass is 35.5. The Morgan fingerprint density at radius 2 is 1.91 bits per heavy atom. The van der Waals surface area contributed by atoms with Crippen LogP contribution in [-0.4, -0.2) is 31.4 Å². The molecule has 0 spiro atoms. The van der Waals surface area contributed by atoms with E-state index in [1.807, 2.05) is 0 Å². The van der Waals surface area contributed by atoms with Gasteiger partial charge in [0.1, 0.15) is 0 Å². The van der Waals surface area contributed by atoms with Crippen LogP contribution in [0.25, 0.3) is 6.08 Å². The molecule has 0 radical (unpaired) electrons. The van der Waals surface area contributed by atoms with Crippen LogP contribution < -0.4 is 24.4 Å². The van der Waals surface area contributed by atoms with E-state index in [2.05, 4.69) is 4.99 Å². The third-order valence-corrected chi connectivity index (χ3v) is 7.32. The number of methoxy groups -OCH3 is 2. The van der Waals surface area contributed by atoms with E-state index in [-0.39, 0.29) is 17.7 Å². The first-order chi connectivity index (χ1) is 16.8. The van der Waals surface area contributed by atoms with Gasteiger partial charge in [0, 0.05) is 0 Å². The summed E-state index contributed by atoms with van der Waals surface area (Å²) in [6.45, 7) is 3.64. The Bertz CT molecular complexity index is 1520. The molecule has 10 heteroatoms. The minimum Gasteiger partial charge on any atom is -0.493 e. The number of esters is 1. The first-order valence-corrected chi connectivity index (χ1v) is 12.2. The summed E-state index contributed by atoms with van der Waals surface area (Å²) < 4.78 is 18.0. The quantitative estimate of drug-likeness (QED) is 0.446. The van der Waals surface area contributed by atoms with Crippen LogP contribution >= 0.6 is 34.5 Å². The van der Waals surface area contributed by atoms with Crippen molar-refractivity contribution in [1.82, 2.24) is 4.57 Å². The molecule has 1 aliphatic heterocycles. The van der Waals surface area contributed by atoms with Crippen molar-refractivity contribution in [3.63, 3.8) is 0 Å². The van der Waals surface area contributed by atoms with Gasteiger partial charge in [-0.25, -0.2) is 9.79 Å². The number of rotatable bonds is 6. The number of nitrogens with zero attached hydrogens (tertiary/aromatic N) is 2. The molecular formula is C25H22Cl2N2O5S. The molecule has 1 unspecified atom stereocenters. The molecule has 0 bridgehead atoms. The number of aromatic nitrogens is 1. The summed E-state index contributed by atoms with van der Waals surface area (Å²) in [5.41, 5.74) is 1.68. The molecule has 0 fully saturated rings. The fourth-order valence-electron chi connectivity index (χ4n) is 3.90. The average Bonchev–Trinajstić information content (AvgIpc) is 3.15. The van der Waals surface area contributed by atoms with E-state index in [1.54, 1.807) is 56.3 Å². The molecule has 1 aromatic heterocycles. The third kappa shape index (κ3) is 4.61. The van der Waals surface area contributed by atoms with Crippen LogP contribution in [0.15, 0.2) is 57.5 Å². The Kier molecular flexibility index (Phi) is 7.35. The summed E-state index contributed by atoms with van der Waals surface area (Å²) in [6.07, 6.45) is 1.67. The number of fused-ring (bicyclic) bond motifs is 1. The number of hydrogen-bond donors (Lipinski definition) is 0. The summed E-state index contributed by atoms with van der Waals surface area (Å²) in [5, 5.41) is 0.733. The molecule has 35 heavy (non-hydrogen) atoms. The Morgan fingerprint density at radius 1 is 1.17 bits per heavy atom. The number of thiazole rings is 1. The maximum absolute atomic E-state index is 13.7. The van der Waals surface area contributed by atoms with E-state index in [0.717, 1.165) is 0 Å². The van der Waals surface area contributed by atoms with Crippen LogP contribution in [0, 0.1) is 0 Å². The summed E-state index contributed by atoms with van der Waals surface area (Å²) in [6, 6.07) is 9.69. The lowest BCUT2D eigenvalue weighted by molar-refractivity contribution is -0.139. The fourth-order valence-corrected chi connectivity index (χ4v) is 5.30. The van der Waals surface area contributed by atoms with E-state index >= 15 is 0 Å². The second kappa shape index (κ2) is 10.3. The Morgan fingerprint density at radius 3 is 2.60 bits per heavy atom. The van der Waals surface area contributed by atoms with E-state index in [9.17, 15) is 9.59 Å². The van der Waals surface area contributed by atoms with Gasteiger partial charge in [0.2, 0.25) is 0 Å². The predicted molar refractivity (Wildman–Crippen MR) is 136 cm³/mol. The first-order valence-electron chi connectivity index (χ1n) is 10.7. The smallest absolute Gasteiger partial charge is 0.338 e. The zero-order chi connectivity index (χ0) is 25.3. The Labute approximate surface area is 215 Å². The maximum atomic E-state index is 13.7. The highest BCUT2D eigenvalue weighted by Crippen LogP contribution is 2.36. The van der Waals surface area contributed by atoms with Crippen LogP contribution in [0.2, 0.25) is 10.0 Å². The van der Waals surface area contributed by atoms with Gasteiger partial charge in [-0.3, -0.25) is 9.36 Å². The number of hydrogen-bond acceptors (Lipinski definition) is 7. The SMILES string of the molecule is CCOC(=O)C1=C(C)N=c2sc(=Cc3cccc(Cl)c3Cl)c(=O)n2C1c1ccc(OC)c(OC)c1. The molecule has 1 atom stereocenters. The van der Waals surface area contributed by atoms with Crippen molar-refractivity contribution in [3.8, 4) is 11.5 Å². The van der Waals surface area contributed by atoms with Gasteiger partial charge in [0.15, 0.2) is 16.3 Å². The van der Waals surface area contributed by atoms with Gasteiger partial charge in [0.25, 0.3) is 5.56 Å². The van der Waals surface area contributed by atoms with Gasteiger partial charge in [0.05, 0.1) is 52.7 Å². The van der Waals surface area contributed by atoms with Crippen LogP contribution in [-0.2, 0) is 9.53 Å². The third-order valence-electron chi connectivity index (χ3n) is 5.51. The standard InChI is InChI=1S/C25H22Cl2N2O5S/c1-5-34-24(31)20-13(2)28-25-29(22(20)15-9-10-17(32-3)18(11-15)33-4)23(30)19(35-25)12-14-7-6-8-16(26)21(14)27/h6-12,22H,5H2,1-4H3. The van der Waals surface area contributed by atoms with Gasteiger partial charge < -0.3 is 14.2 Å². The van der Waals surface area contributed by atoms with E-state index in [1.165, 1.54) is 30.1 Å². The molecule has 1 aliphatic rings. The van der Waals surface area contributed by atoms with Crippen molar-refractivity contribution in [2.24, 2.45) is 4.99 Å². The highest BCUT2D eigenvalue weighted by Gasteiger charge is 2.34. The van der Waals surface area contributed by atoms with E-state index in [0.29, 0.717) is 47.7 Å². The van der Waals surface area contributed by atoms with Crippen LogP contribution in [0.4, 0.5) is 0 Å².